The zero-order valence-corrected chi connectivity index (χ0v) is 14.5. The Morgan fingerprint density at radius 3 is 2.70 bits per heavy atom. The fourth-order valence-electron chi connectivity index (χ4n) is 3.30. The van der Waals surface area contributed by atoms with Crippen LogP contribution in [0.1, 0.15) is 34.7 Å². The van der Waals surface area contributed by atoms with Crippen molar-refractivity contribution >= 4 is 33.2 Å². The molecule has 5 heteroatoms. The number of nitrogens with zero attached hydrogens (tertiary/aromatic N) is 2. The lowest BCUT2D eigenvalue weighted by Crippen LogP contribution is -2.23. The average molecular weight is 345 g/mol. The van der Waals surface area contributed by atoms with Crippen LogP contribution in [0.5, 0.6) is 0 Å². The Kier molecular flexibility index (Phi) is 3.74. The van der Waals surface area contributed by atoms with E-state index in [-0.39, 0.29) is 11.4 Å². The van der Waals surface area contributed by atoms with Gasteiger partial charge in [-0.05, 0) is 50.3 Å². The van der Waals surface area contributed by atoms with E-state index in [4.69, 9.17) is 16.6 Å². The second-order valence-electron chi connectivity index (χ2n) is 6.03. The largest absolute Gasteiger partial charge is 0.268 e. The van der Waals surface area contributed by atoms with E-state index < -0.39 is 0 Å². The Morgan fingerprint density at radius 2 is 1.96 bits per heavy atom. The van der Waals surface area contributed by atoms with Crippen LogP contribution in [0.25, 0.3) is 15.9 Å². The number of aromatic nitrogens is 2. The van der Waals surface area contributed by atoms with Crippen LogP contribution in [0.15, 0.2) is 29.1 Å². The van der Waals surface area contributed by atoms with Gasteiger partial charge in [0.15, 0.2) is 0 Å². The summed E-state index contributed by atoms with van der Waals surface area (Å²) in [6, 6.07) is 7.93. The monoisotopic (exact) mass is 344 g/mol. The number of hydrogen-bond acceptors (Lipinski definition) is 3. The lowest BCUT2D eigenvalue weighted by Gasteiger charge is -2.13. The molecule has 0 bridgehead atoms. The summed E-state index contributed by atoms with van der Waals surface area (Å²) in [6.45, 7) is 2.03. The van der Waals surface area contributed by atoms with Crippen molar-refractivity contribution in [3.63, 3.8) is 0 Å². The summed E-state index contributed by atoms with van der Waals surface area (Å²) in [5.41, 5.74) is 3.24. The third-order valence-electron chi connectivity index (χ3n) is 4.47. The highest BCUT2D eigenvalue weighted by atomic mass is 35.5. The summed E-state index contributed by atoms with van der Waals surface area (Å²) in [6.07, 6.45) is 4.41. The first-order chi connectivity index (χ1) is 11.2. The molecule has 3 aromatic rings. The molecule has 2 heterocycles. The Morgan fingerprint density at radius 1 is 1.22 bits per heavy atom. The summed E-state index contributed by atoms with van der Waals surface area (Å²) in [5.74, 6) is 0.841. The van der Waals surface area contributed by atoms with Gasteiger partial charge in [0, 0.05) is 4.88 Å². The zero-order valence-electron chi connectivity index (χ0n) is 12.9. The molecule has 1 aliphatic rings. The van der Waals surface area contributed by atoms with Gasteiger partial charge in [-0.2, -0.15) is 0 Å². The molecule has 0 saturated carbocycles. The van der Waals surface area contributed by atoms with Crippen LogP contribution in [0.3, 0.4) is 0 Å². The van der Waals surface area contributed by atoms with Crippen LogP contribution in [-0.2, 0) is 18.7 Å². The number of fused-ring (bicyclic) bond motifs is 3. The molecule has 1 aliphatic carbocycles. The zero-order chi connectivity index (χ0) is 16.0. The van der Waals surface area contributed by atoms with E-state index in [1.807, 2.05) is 31.2 Å². The molecule has 0 amide bonds. The van der Waals surface area contributed by atoms with Gasteiger partial charge < -0.3 is 0 Å². The quantitative estimate of drug-likeness (QED) is 0.647. The smallest absolute Gasteiger partial charge is 0.267 e. The van der Waals surface area contributed by atoms with Crippen LogP contribution in [-0.4, -0.2) is 9.55 Å². The molecule has 0 unspecified atom stereocenters. The van der Waals surface area contributed by atoms with Crippen molar-refractivity contribution in [1.29, 1.82) is 0 Å². The van der Waals surface area contributed by atoms with Gasteiger partial charge >= 0.3 is 0 Å². The second kappa shape index (κ2) is 5.77. The van der Waals surface area contributed by atoms with Gasteiger partial charge in [0.2, 0.25) is 0 Å². The SMILES string of the molecule is Cc1ccc(-n2c(CCl)nc3sc4c(c3c2=O)CCCC4)cc1. The molecule has 0 atom stereocenters. The minimum atomic E-state index is 0.0221. The first-order valence-electron chi connectivity index (χ1n) is 7.88. The van der Waals surface area contributed by atoms with Gasteiger partial charge in [-0.15, -0.1) is 22.9 Å². The second-order valence-corrected chi connectivity index (χ2v) is 7.38. The van der Waals surface area contributed by atoms with Crippen LogP contribution in [0.2, 0.25) is 0 Å². The van der Waals surface area contributed by atoms with Crippen LogP contribution >= 0.6 is 22.9 Å². The normalized spacial score (nSPS) is 14.2. The average Bonchev–Trinajstić information content (AvgIpc) is 2.94. The maximum absolute atomic E-state index is 13.2. The molecule has 2 aromatic heterocycles. The molecule has 0 spiro atoms. The summed E-state index contributed by atoms with van der Waals surface area (Å²) in [7, 11) is 0. The van der Waals surface area contributed by atoms with Crippen molar-refractivity contribution in [2.24, 2.45) is 0 Å². The Bertz CT molecular complexity index is 940. The van der Waals surface area contributed by atoms with Gasteiger partial charge in [0.25, 0.3) is 5.56 Å². The van der Waals surface area contributed by atoms with E-state index >= 15 is 0 Å². The molecule has 0 saturated heterocycles. The Balaban J connectivity index is 2.04. The van der Waals surface area contributed by atoms with E-state index in [0.29, 0.717) is 5.82 Å². The van der Waals surface area contributed by atoms with Gasteiger partial charge in [0.1, 0.15) is 10.7 Å². The van der Waals surface area contributed by atoms with Crippen LogP contribution in [0.4, 0.5) is 0 Å². The first-order valence-corrected chi connectivity index (χ1v) is 9.23. The number of halogens is 1. The topological polar surface area (TPSA) is 34.9 Å². The van der Waals surface area contributed by atoms with Gasteiger partial charge in [-0.3, -0.25) is 9.36 Å². The van der Waals surface area contributed by atoms with Gasteiger partial charge in [-0.1, -0.05) is 17.7 Å². The van der Waals surface area contributed by atoms with E-state index in [1.54, 1.807) is 15.9 Å². The highest BCUT2D eigenvalue weighted by Crippen LogP contribution is 2.34. The molecule has 0 radical (unpaired) electrons. The number of thiophene rings is 1. The molecular formula is C18H17ClN2OS. The van der Waals surface area contributed by atoms with Crippen molar-refractivity contribution in [2.75, 3.05) is 0 Å². The van der Waals surface area contributed by atoms with Crippen molar-refractivity contribution in [3.8, 4) is 5.69 Å². The minimum absolute atomic E-state index is 0.0221. The fourth-order valence-corrected chi connectivity index (χ4v) is 4.75. The standard InChI is InChI=1S/C18H17ClN2OS/c1-11-6-8-12(9-7-11)21-15(10-19)20-17-16(18(21)22)13-4-2-3-5-14(13)23-17/h6-9H,2-5,10H2,1H3. The Labute approximate surface area is 143 Å². The molecule has 118 valence electrons. The predicted octanol–water partition coefficient (Wildman–Crippen LogP) is 4.37. The van der Waals surface area contributed by atoms with E-state index in [9.17, 15) is 4.79 Å². The summed E-state index contributed by atoms with van der Waals surface area (Å²) in [4.78, 5) is 20.1. The minimum Gasteiger partial charge on any atom is -0.268 e. The lowest BCUT2D eigenvalue weighted by molar-refractivity contribution is 0.699. The number of benzene rings is 1. The molecular weight excluding hydrogens is 328 g/mol. The highest BCUT2D eigenvalue weighted by molar-refractivity contribution is 7.18. The number of alkyl halides is 1. The molecule has 0 fully saturated rings. The molecule has 0 aliphatic heterocycles. The lowest BCUT2D eigenvalue weighted by atomic mass is 9.97. The van der Waals surface area contributed by atoms with Crippen molar-refractivity contribution < 1.29 is 0 Å². The van der Waals surface area contributed by atoms with Crippen molar-refractivity contribution in [2.45, 2.75) is 38.5 Å². The van der Waals surface area contributed by atoms with Crippen LogP contribution in [0, 0.1) is 6.92 Å². The molecule has 3 nitrogen and oxygen atoms in total. The summed E-state index contributed by atoms with van der Waals surface area (Å²) < 4.78 is 1.68. The van der Waals surface area contributed by atoms with E-state index in [1.165, 1.54) is 16.9 Å². The number of aryl methyl sites for hydroxylation is 3. The third-order valence-corrected chi connectivity index (χ3v) is 5.89. The maximum Gasteiger partial charge on any atom is 0.267 e. The summed E-state index contributed by atoms with van der Waals surface area (Å²) >= 11 is 7.76. The first kappa shape index (κ1) is 14.9. The third kappa shape index (κ3) is 2.41. The fraction of sp³-hybridized carbons (Fsp3) is 0.333. The molecule has 23 heavy (non-hydrogen) atoms. The van der Waals surface area contributed by atoms with E-state index in [2.05, 4.69) is 0 Å². The van der Waals surface area contributed by atoms with Crippen LogP contribution < -0.4 is 5.56 Å². The molecule has 0 N–H and O–H groups in total. The van der Waals surface area contributed by atoms with Gasteiger partial charge in [0.05, 0.1) is 17.0 Å². The van der Waals surface area contributed by atoms with E-state index in [0.717, 1.165) is 40.7 Å². The predicted molar refractivity (Wildman–Crippen MR) is 96.2 cm³/mol. The van der Waals surface area contributed by atoms with Crippen molar-refractivity contribution in [1.82, 2.24) is 9.55 Å². The number of hydrogen-bond donors (Lipinski definition) is 0. The van der Waals surface area contributed by atoms with Gasteiger partial charge in [-0.25, -0.2) is 4.98 Å². The molecule has 1 aromatic carbocycles. The van der Waals surface area contributed by atoms with Crippen molar-refractivity contribution in [3.05, 3.63) is 56.4 Å². The number of rotatable bonds is 2. The molecule has 4 rings (SSSR count). The Hall–Kier alpha value is -1.65. The summed E-state index contributed by atoms with van der Waals surface area (Å²) in [5, 5.41) is 0.805. The maximum atomic E-state index is 13.2. The highest BCUT2D eigenvalue weighted by Gasteiger charge is 2.22.